The summed E-state index contributed by atoms with van der Waals surface area (Å²) in [6.07, 6.45) is 9.28. The highest BCUT2D eigenvalue weighted by molar-refractivity contribution is 5.85. The van der Waals surface area contributed by atoms with Gasteiger partial charge in [0.25, 0.3) is 0 Å². The molecule has 5 heteroatoms. The molecule has 4 nitrogen and oxygen atoms in total. The summed E-state index contributed by atoms with van der Waals surface area (Å²) >= 11 is 0. The normalized spacial score (nSPS) is 15.2. The van der Waals surface area contributed by atoms with Crippen LogP contribution in [0.2, 0.25) is 0 Å². The molecule has 24 heavy (non-hydrogen) atoms. The maximum atomic E-state index is 4.46. The lowest BCUT2D eigenvalue weighted by Crippen LogP contribution is -2.37. The first-order chi connectivity index (χ1) is 11.4. The van der Waals surface area contributed by atoms with Crippen molar-refractivity contribution in [3.05, 3.63) is 60.2 Å². The van der Waals surface area contributed by atoms with Crippen LogP contribution in [0.3, 0.4) is 0 Å². The van der Waals surface area contributed by atoms with E-state index in [2.05, 4.69) is 38.4 Å². The molecule has 2 aromatic rings. The van der Waals surface area contributed by atoms with E-state index in [1.165, 1.54) is 30.6 Å². The molecule has 1 saturated heterocycles. The Hall–Kier alpha value is -1.49. The second kappa shape index (κ2) is 10.4. The molecule has 2 aromatic heterocycles. The standard InChI is InChI=1S/C19H26N4.ClH/c1-2-10-22-19(5-1)8-13-23(15-17-6-11-20-12-7-17)16-18-4-3-9-21-14-18;/h1-5,9-10,14,17,20H,6-8,11-13,15-16H2;1H. The Balaban J connectivity index is 0.00000208. The van der Waals surface area contributed by atoms with Crippen LogP contribution in [0.4, 0.5) is 0 Å². The molecular formula is C19H27ClN4. The van der Waals surface area contributed by atoms with Gasteiger partial charge in [-0.3, -0.25) is 14.9 Å². The number of rotatable bonds is 7. The van der Waals surface area contributed by atoms with Gasteiger partial charge in [0.2, 0.25) is 0 Å². The molecule has 0 unspecified atom stereocenters. The first-order valence-electron chi connectivity index (χ1n) is 8.62. The van der Waals surface area contributed by atoms with E-state index >= 15 is 0 Å². The second-order valence-electron chi connectivity index (χ2n) is 6.36. The maximum Gasteiger partial charge on any atom is 0.0416 e. The summed E-state index contributed by atoms with van der Waals surface area (Å²) in [5.41, 5.74) is 2.47. The Morgan fingerprint density at radius 2 is 1.96 bits per heavy atom. The van der Waals surface area contributed by atoms with Gasteiger partial charge in [0, 0.05) is 50.3 Å². The average molecular weight is 347 g/mol. The molecule has 0 aromatic carbocycles. The van der Waals surface area contributed by atoms with E-state index in [1.807, 2.05) is 30.7 Å². The molecule has 3 rings (SSSR count). The van der Waals surface area contributed by atoms with E-state index in [0.29, 0.717) is 0 Å². The Morgan fingerprint density at radius 1 is 1.08 bits per heavy atom. The second-order valence-corrected chi connectivity index (χ2v) is 6.36. The smallest absolute Gasteiger partial charge is 0.0416 e. The molecule has 1 aliphatic heterocycles. The van der Waals surface area contributed by atoms with Crippen LogP contribution in [0, 0.1) is 5.92 Å². The van der Waals surface area contributed by atoms with E-state index in [-0.39, 0.29) is 12.4 Å². The van der Waals surface area contributed by atoms with E-state index < -0.39 is 0 Å². The molecule has 1 fully saturated rings. The number of piperidine rings is 1. The minimum atomic E-state index is 0. The van der Waals surface area contributed by atoms with Crippen molar-refractivity contribution in [2.24, 2.45) is 5.92 Å². The summed E-state index contributed by atoms with van der Waals surface area (Å²) in [6, 6.07) is 10.4. The van der Waals surface area contributed by atoms with Gasteiger partial charge in [0.15, 0.2) is 0 Å². The van der Waals surface area contributed by atoms with Crippen LogP contribution in [0.15, 0.2) is 48.9 Å². The third kappa shape index (κ3) is 6.19. The van der Waals surface area contributed by atoms with Crippen molar-refractivity contribution in [2.45, 2.75) is 25.8 Å². The molecule has 1 N–H and O–H groups in total. The minimum Gasteiger partial charge on any atom is -0.317 e. The van der Waals surface area contributed by atoms with Crippen LogP contribution in [0.25, 0.3) is 0 Å². The summed E-state index contributed by atoms with van der Waals surface area (Å²) in [5.74, 6) is 0.802. The van der Waals surface area contributed by atoms with Gasteiger partial charge in [-0.15, -0.1) is 12.4 Å². The average Bonchev–Trinajstić information content (AvgIpc) is 2.62. The van der Waals surface area contributed by atoms with Gasteiger partial charge in [-0.2, -0.15) is 0 Å². The Kier molecular flexibility index (Phi) is 8.16. The van der Waals surface area contributed by atoms with Gasteiger partial charge >= 0.3 is 0 Å². The summed E-state index contributed by atoms with van der Waals surface area (Å²) in [5, 5.41) is 3.46. The van der Waals surface area contributed by atoms with Crippen molar-refractivity contribution in [3.63, 3.8) is 0 Å². The van der Waals surface area contributed by atoms with Crippen LogP contribution < -0.4 is 5.32 Å². The van der Waals surface area contributed by atoms with Crippen LogP contribution >= 0.6 is 12.4 Å². The Bertz CT molecular complexity index is 558. The molecular weight excluding hydrogens is 320 g/mol. The molecule has 130 valence electrons. The zero-order valence-corrected chi connectivity index (χ0v) is 14.9. The number of nitrogens with one attached hydrogen (secondary N) is 1. The first-order valence-corrected chi connectivity index (χ1v) is 8.62. The molecule has 0 aliphatic carbocycles. The third-order valence-corrected chi connectivity index (χ3v) is 4.51. The molecule has 0 spiro atoms. The van der Waals surface area contributed by atoms with E-state index in [1.54, 1.807) is 0 Å². The van der Waals surface area contributed by atoms with Crippen LogP contribution in [0.1, 0.15) is 24.1 Å². The lowest BCUT2D eigenvalue weighted by atomic mass is 9.97. The van der Waals surface area contributed by atoms with E-state index in [4.69, 9.17) is 0 Å². The fourth-order valence-electron chi connectivity index (χ4n) is 3.23. The highest BCUT2D eigenvalue weighted by atomic mass is 35.5. The van der Waals surface area contributed by atoms with Crippen molar-refractivity contribution < 1.29 is 0 Å². The predicted octanol–water partition coefficient (Wildman–Crippen LogP) is 2.94. The number of pyridine rings is 2. The van der Waals surface area contributed by atoms with Crippen LogP contribution in [0.5, 0.6) is 0 Å². The monoisotopic (exact) mass is 346 g/mol. The van der Waals surface area contributed by atoms with Gasteiger partial charge in [-0.1, -0.05) is 12.1 Å². The van der Waals surface area contributed by atoms with Crippen molar-refractivity contribution in [1.82, 2.24) is 20.2 Å². The van der Waals surface area contributed by atoms with Gasteiger partial charge in [0.1, 0.15) is 0 Å². The highest BCUT2D eigenvalue weighted by Crippen LogP contribution is 2.15. The largest absolute Gasteiger partial charge is 0.317 e. The summed E-state index contributed by atoms with van der Waals surface area (Å²) in [6.45, 7) is 5.52. The molecule has 0 saturated carbocycles. The summed E-state index contributed by atoms with van der Waals surface area (Å²) < 4.78 is 0. The quantitative estimate of drug-likeness (QED) is 0.837. The molecule has 0 bridgehead atoms. The van der Waals surface area contributed by atoms with E-state index in [9.17, 15) is 0 Å². The highest BCUT2D eigenvalue weighted by Gasteiger charge is 2.17. The lowest BCUT2D eigenvalue weighted by molar-refractivity contribution is 0.200. The van der Waals surface area contributed by atoms with E-state index in [0.717, 1.165) is 38.5 Å². The number of nitrogens with zero attached hydrogens (tertiary/aromatic N) is 3. The van der Waals surface area contributed by atoms with Crippen LogP contribution in [-0.2, 0) is 13.0 Å². The SMILES string of the molecule is Cl.c1ccc(CCN(Cc2cccnc2)CC2CCNCC2)nc1. The lowest BCUT2D eigenvalue weighted by Gasteiger charge is -2.30. The molecule has 1 aliphatic rings. The topological polar surface area (TPSA) is 41.1 Å². The van der Waals surface area contributed by atoms with Gasteiger partial charge in [0.05, 0.1) is 0 Å². The molecule has 0 atom stereocenters. The van der Waals surface area contributed by atoms with Gasteiger partial charge in [-0.05, 0) is 55.6 Å². The number of halogens is 1. The van der Waals surface area contributed by atoms with Crippen molar-refractivity contribution >= 4 is 12.4 Å². The predicted molar refractivity (Wildman–Crippen MR) is 100 cm³/mol. The Morgan fingerprint density at radius 3 is 2.67 bits per heavy atom. The molecule has 3 heterocycles. The minimum absolute atomic E-state index is 0. The Labute approximate surface area is 151 Å². The van der Waals surface area contributed by atoms with Crippen molar-refractivity contribution in [2.75, 3.05) is 26.2 Å². The maximum absolute atomic E-state index is 4.46. The van der Waals surface area contributed by atoms with Crippen molar-refractivity contribution in [3.8, 4) is 0 Å². The van der Waals surface area contributed by atoms with Crippen molar-refractivity contribution in [1.29, 1.82) is 0 Å². The zero-order valence-electron chi connectivity index (χ0n) is 14.1. The fraction of sp³-hybridized carbons (Fsp3) is 0.474. The molecule has 0 radical (unpaired) electrons. The summed E-state index contributed by atoms with van der Waals surface area (Å²) in [4.78, 5) is 11.3. The zero-order chi connectivity index (χ0) is 15.7. The van der Waals surface area contributed by atoms with Gasteiger partial charge in [-0.25, -0.2) is 0 Å². The number of hydrogen-bond donors (Lipinski definition) is 1. The summed E-state index contributed by atoms with van der Waals surface area (Å²) in [7, 11) is 0. The first kappa shape index (κ1) is 18.8. The van der Waals surface area contributed by atoms with Gasteiger partial charge < -0.3 is 5.32 Å². The molecule has 0 amide bonds. The number of aromatic nitrogens is 2. The number of hydrogen-bond acceptors (Lipinski definition) is 4. The fourth-order valence-corrected chi connectivity index (χ4v) is 3.23. The third-order valence-electron chi connectivity index (χ3n) is 4.51. The van der Waals surface area contributed by atoms with Crippen LogP contribution in [-0.4, -0.2) is 41.0 Å².